The van der Waals surface area contributed by atoms with Crippen LogP contribution in [0, 0.1) is 6.92 Å². The number of carbonyl (C=O) groups excluding carboxylic acids is 1. The summed E-state index contributed by atoms with van der Waals surface area (Å²) < 4.78 is 0. The lowest BCUT2D eigenvalue weighted by Crippen LogP contribution is -2.42. The van der Waals surface area contributed by atoms with Crippen LogP contribution in [0.15, 0.2) is 23.7 Å². The van der Waals surface area contributed by atoms with Crippen LogP contribution in [0.1, 0.15) is 24.1 Å². The van der Waals surface area contributed by atoms with Crippen molar-refractivity contribution in [2.45, 2.75) is 32.4 Å². The number of urea groups is 1. The van der Waals surface area contributed by atoms with Crippen LogP contribution in [0.5, 0.6) is 0 Å². The highest BCUT2D eigenvalue weighted by molar-refractivity contribution is 7.13. The van der Waals surface area contributed by atoms with E-state index < -0.39 is 0 Å². The van der Waals surface area contributed by atoms with Crippen molar-refractivity contribution in [2.75, 3.05) is 23.3 Å². The first-order valence-electron chi connectivity index (χ1n) is 7.89. The van der Waals surface area contributed by atoms with Gasteiger partial charge in [-0.3, -0.25) is 5.32 Å². The van der Waals surface area contributed by atoms with Gasteiger partial charge in [-0.05, 0) is 25.8 Å². The molecule has 2 aromatic rings. The van der Waals surface area contributed by atoms with Crippen LogP contribution in [0.4, 0.5) is 15.7 Å². The Hall–Kier alpha value is -2.15. The zero-order valence-electron chi connectivity index (χ0n) is 13.0. The minimum atomic E-state index is -0.0806. The topological polar surface area (TPSA) is 61.4 Å². The van der Waals surface area contributed by atoms with Crippen LogP contribution >= 0.6 is 11.3 Å². The van der Waals surface area contributed by atoms with Gasteiger partial charge in [-0.15, -0.1) is 11.3 Å². The lowest BCUT2D eigenvalue weighted by molar-refractivity contribution is 0.207. The highest BCUT2D eigenvalue weighted by atomic mass is 32.1. The Labute approximate surface area is 139 Å². The Kier molecular flexibility index (Phi) is 3.65. The van der Waals surface area contributed by atoms with Crippen molar-refractivity contribution in [1.82, 2.24) is 14.9 Å². The predicted molar refractivity (Wildman–Crippen MR) is 90.9 cm³/mol. The minimum Gasteiger partial charge on any atom is -0.352 e. The first-order valence-corrected chi connectivity index (χ1v) is 8.77. The highest BCUT2D eigenvalue weighted by Gasteiger charge is 2.34. The largest absolute Gasteiger partial charge is 0.352 e. The first-order chi connectivity index (χ1) is 11.2. The molecule has 4 rings (SSSR count). The third kappa shape index (κ3) is 2.76. The van der Waals surface area contributed by atoms with Crippen LogP contribution in [-0.4, -0.2) is 40.0 Å². The van der Waals surface area contributed by atoms with Gasteiger partial charge in [-0.25, -0.2) is 14.8 Å². The molecular weight excluding hydrogens is 310 g/mol. The second kappa shape index (κ2) is 5.81. The van der Waals surface area contributed by atoms with Crippen molar-refractivity contribution < 1.29 is 4.79 Å². The number of rotatable bonds is 1. The van der Waals surface area contributed by atoms with Crippen molar-refractivity contribution in [3.8, 4) is 0 Å². The second-order valence-electron chi connectivity index (χ2n) is 6.08. The molecule has 2 amide bonds. The van der Waals surface area contributed by atoms with Crippen molar-refractivity contribution in [3.63, 3.8) is 0 Å². The summed E-state index contributed by atoms with van der Waals surface area (Å²) >= 11 is 1.46. The third-order valence-electron chi connectivity index (χ3n) is 4.43. The van der Waals surface area contributed by atoms with E-state index in [-0.39, 0.29) is 6.03 Å². The van der Waals surface area contributed by atoms with Gasteiger partial charge in [0.2, 0.25) is 0 Å². The SMILES string of the molecule is Cc1csc(NC(=O)N2Cc3cccnc3N3CCC[C@@H]3C2)n1. The summed E-state index contributed by atoms with van der Waals surface area (Å²) in [5, 5.41) is 5.53. The Balaban J connectivity index is 1.59. The van der Waals surface area contributed by atoms with Gasteiger partial charge in [0.15, 0.2) is 5.13 Å². The lowest BCUT2D eigenvalue weighted by Gasteiger charge is -2.26. The van der Waals surface area contributed by atoms with E-state index in [1.165, 1.54) is 11.3 Å². The lowest BCUT2D eigenvalue weighted by atomic mass is 10.2. The molecule has 0 aromatic carbocycles. The third-order valence-corrected chi connectivity index (χ3v) is 5.30. The number of aryl methyl sites for hydroxylation is 1. The maximum Gasteiger partial charge on any atom is 0.324 e. The second-order valence-corrected chi connectivity index (χ2v) is 6.94. The molecule has 23 heavy (non-hydrogen) atoms. The van der Waals surface area contributed by atoms with E-state index in [9.17, 15) is 4.79 Å². The first kappa shape index (κ1) is 14.4. The molecule has 0 saturated carbocycles. The maximum atomic E-state index is 12.7. The van der Waals surface area contributed by atoms with Crippen LogP contribution in [0.3, 0.4) is 0 Å². The fourth-order valence-electron chi connectivity index (χ4n) is 3.38. The molecule has 1 saturated heterocycles. The minimum absolute atomic E-state index is 0.0806. The number of nitrogens with one attached hydrogen (secondary N) is 1. The number of fused-ring (bicyclic) bond motifs is 3. The Morgan fingerprint density at radius 2 is 2.39 bits per heavy atom. The van der Waals surface area contributed by atoms with Crippen LogP contribution < -0.4 is 10.2 Å². The molecule has 120 valence electrons. The van der Waals surface area contributed by atoms with Gasteiger partial charge < -0.3 is 9.80 Å². The smallest absolute Gasteiger partial charge is 0.324 e. The van der Waals surface area contributed by atoms with Gasteiger partial charge in [0.05, 0.1) is 12.2 Å². The predicted octanol–water partition coefficient (Wildman–Crippen LogP) is 2.86. The number of pyridine rings is 1. The number of aromatic nitrogens is 2. The average molecular weight is 329 g/mol. The Bertz CT molecular complexity index is 731. The Morgan fingerprint density at radius 1 is 1.48 bits per heavy atom. The van der Waals surface area contributed by atoms with Crippen LogP contribution in [0.2, 0.25) is 0 Å². The van der Waals surface area contributed by atoms with E-state index in [1.54, 1.807) is 0 Å². The molecule has 7 heteroatoms. The molecule has 2 aliphatic rings. The number of thiazole rings is 1. The standard InChI is InChI=1S/C16H19N5OS/c1-11-10-23-15(18-11)19-16(22)20-8-12-4-2-6-17-14(12)21-7-3-5-13(21)9-20/h2,4,6,10,13H,3,5,7-9H2,1H3,(H,18,19,22)/t13-/m1/s1. The van der Waals surface area contributed by atoms with Gasteiger partial charge in [-0.1, -0.05) is 6.07 Å². The van der Waals surface area contributed by atoms with E-state index in [0.29, 0.717) is 17.7 Å². The van der Waals surface area contributed by atoms with Gasteiger partial charge in [0.1, 0.15) is 5.82 Å². The summed E-state index contributed by atoms with van der Waals surface area (Å²) in [6, 6.07) is 4.28. The molecule has 1 atom stereocenters. The van der Waals surface area contributed by atoms with Crippen molar-refractivity contribution in [3.05, 3.63) is 35.0 Å². The van der Waals surface area contributed by atoms with Crippen LogP contribution in [-0.2, 0) is 6.54 Å². The number of hydrogen-bond acceptors (Lipinski definition) is 5. The summed E-state index contributed by atoms with van der Waals surface area (Å²) in [5.41, 5.74) is 2.04. The number of amides is 2. The zero-order chi connectivity index (χ0) is 15.8. The molecule has 6 nitrogen and oxygen atoms in total. The van der Waals surface area contributed by atoms with E-state index in [1.807, 2.05) is 29.5 Å². The molecule has 1 N–H and O–H groups in total. The summed E-state index contributed by atoms with van der Waals surface area (Å²) in [4.78, 5) is 25.8. The number of anilines is 2. The quantitative estimate of drug-likeness (QED) is 0.874. The fraction of sp³-hybridized carbons (Fsp3) is 0.438. The number of nitrogens with zero attached hydrogens (tertiary/aromatic N) is 4. The molecule has 0 radical (unpaired) electrons. The normalized spacial score (nSPS) is 20.0. The van der Waals surface area contributed by atoms with E-state index >= 15 is 0 Å². The molecule has 0 spiro atoms. The van der Waals surface area contributed by atoms with Gasteiger partial charge in [-0.2, -0.15) is 0 Å². The van der Waals surface area contributed by atoms with Gasteiger partial charge in [0, 0.05) is 36.3 Å². The molecule has 0 unspecified atom stereocenters. The molecule has 4 heterocycles. The molecule has 2 aliphatic heterocycles. The average Bonchev–Trinajstić information content (AvgIpc) is 3.13. The summed E-state index contributed by atoms with van der Waals surface area (Å²) in [6.07, 6.45) is 4.10. The number of carbonyl (C=O) groups is 1. The van der Waals surface area contributed by atoms with Crippen molar-refractivity contribution in [2.24, 2.45) is 0 Å². The van der Waals surface area contributed by atoms with Crippen molar-refractivity contribution in [1.29, 1.82) is 0 Å². The number of hydrogen-bond donors (Lipinski definition) is 1. The summed E-state index contributed by atoms with van der Waals surface area (Å²) in [5.74, 6) is 1.04. The van der Waals surface area contributed by atoms with Gasteiger partial charge >= 0.3 is 6.03 Å². The summed E-state index contributed by atoms with van der Waals surface area (Å²) in [7, 11) is 0. The molecule has 0 aliphatic carbocycles. The van der Waals surface area contributed by atoms with Gasteiger partial charge in [0.25, 0.3) is 0 Å². The van der Waals surface area contributed by atoms with E-state index in [2.05, 4.69) is 26.3 Å². The molecule has 1 fully saturated rings. The van der Waals surface area contributed by atoms with E-state index in [0.717, 1.165) is 43.0 Å². The molecular formula is C16H19N5OS. The molecule has 0 bridgehead atoms. The van der Waals surface area contributed by atoms with Crippen LogP contribution in [0.25, 0.3) is 0 Å². The highest BCUT2D eigenvalue weighted by Crippen LogP contribution is 2.31. The zero-order valence-corrected chi connectivity index (χ0v) is 13.8. The fourth-order valence-corrected chi connectivity index (χ4v) is 4.06. The Morgan fingerprint density at radius 3 is 3.22 bits per heavy atom. The monoisotopic (exact) mass is 329 g/mol. The van der Waals surface area contributed by atoms with Crippen molar-refractivity contribution >= 4 is 28.3 Å². The summed E-state index contributed by atoms with van der Waals surface area (Å²) in [6.45, 7) is 4.27. The molecule has 2 aromatic heterocycles. The maximum absolute atomic E-state index is 12.7. The van der Waals surface area contributed by atoms with E-state index in [4.69, 9.17) is 0 Å².